The average Bonchev–Trinajstić information content (AvgIpc) is 2.48. The summed E-state index contributed by atoms with van der Waals surface area (Å²) in [7, 11) is 0. The molecule has 0 spiro atoms. The van der Waals surface area contributed by atoms with Crippen molar-refractivity contribution in [3.05, 3.63) is 35.9 Å². The van der Waals surface area contributed by atoms with Crippen LogP contribution in [-0.2, 0) is 25.5 Å². The Morgan fingerprint density at radius 2 is 1.67 bits per heavy atom. The van der Waals surface area contributed by atoms with Gasteiger partial charge in [-0.25, -0.2) is 0 Å². The van der Waals surface area contributed by atoms with E-state index in [0.717, 1.165) is 18.4 Å². The monoisotopic (exact) mass is 292 g/mol. The zero-order chi connectivity index (χ0) is 15.7. The third-order valence-corrected chi connectivity index (χ3v) is 3.31. The highest BCUT2D eigenvalue weighted by Crippen LogP contribution is 2.26. The van der Waals surface area contributed by atoms with Crippen molar-refractivity contribution in [3.63, 3.8) is 0 Å². The Balaban J connectivity index is 2.88. The zero-order valence-corrected chi connectivity index (χ0v) is 13.1. The molecule has 0 heterocycles. The summed E-state index contributed by atoms with van der Waals surface area (Å²) in [6, 6.07) is 9.42. The summed E-state index contributed by atoms with van der Waals surface area (Å²) in [6.07, 6.45) is 2.00. The molecule has 0 saturated carbocycles. The molecule has 0 bridgehead atoms. The predicted octanol–water partition coefficient (Wildman–Crippen LogP) is 3.14. The molecular weight excluding hydrogens is 268 g/mol. The number of hydrogen-bond acceptors (Lipinski definition) is 4. The topological polar surface area (TPSA) is 52.6 Å². The highest BCUT2D eigenvalue weighted by Gasteiger charge is 2.44. The van der Waals surface area contributed by atoms with Crippen LogP contribution in [-0.4, -0.2) is 25.2 Å². The minimum atomic E-state index is -1.30. The van der Waals surface area contributed by atoms with Crippen LogP contribution in [0.25, 0.3) is 0 Å². The van der Waals surface area contributed by atoms with Gasteiger partial charge in [0, 0.05) is 0 Å². The molecular formula is C17H24O4. The lowest BCUT2D eigenvalue weighted by Gasteiger charge is -2.25. The second-order valence-corrected chi connectivity index (χ2v) is 5.20. The van der Waals surface area contributed by atoms with E-state index in [0.29, 0.717) is 6.61 Å². The van der Waals surface area contributed by atoms with Gasteiger partial charge < -0.3 is 9.47 Å². The summed E-state index contributed by atoms with van der Waals surface area (Å²) in [5.74, 6) is -1.05. The maximum absolute atomic E-state index is 12.3. The SMILES string of the molecule is CCCCOC(=O)C(C)(Cc1ccccc1)C(=O)OCC. The molecule has 0 aliphatic heterocycles. The van der Waals surface area contributed by atoms with E-state index in [9.17, 15) is 9.59 Å². The molecule has 116 valence electrons. The Labute approximate surface area is 126 Å². The van der Waals surface area contributed by atoms with Gasteiger partial charge in [0.25, 0.3) is 0 Å². The standard InChI is InChI=1S/C17H24O4/c1-4-6-12-21-16(19)17(3,15(18)20-5-2)13-14-10-8-7-9-11-14/h7-11H,4-6,12-13H2,1-3H3. The van der Waals surface area contributed by atoms with Gasteiger partial charge in [0.05, 0.1) is 13.2 Å². The van der Waals surface area contributed by atoms with E-state index in [-0.39, 0.29) is 13.0 Å². The quantitative estimate of drug-likeness (QED) is 0.419. The Morgan fingerprint density at radius 3 is 2.24 bits per heavy atom. The fraction of sp³-hybridized carbons (Fsp3) is 0.529. The van der Waals surface area contributed by atoms with Crippen LogP contribution in [0.3, 0.4) is 0 Å². The largest absolute Gasteiger partial charge is 0.465 e. The molecule has 0 N–H and O–H groups in total. The third kappa shape index (κ3) is 4.88. The van der Waals surface area contributed by atoms with E-state index in [2.05, 4.69) is 0 Å². The molecule has 4 heteroatoms. The summed E-state index contributed by atoms with van der Waals surface area (Å²) in [5, 5.41) is 0. The molecule has 1 unspecified atom stereocenters. The van der Waals surface area contributed by atoms with Crippen molar-refractivity contribution in [2.45, 2.75) is 40.0 Å². The van der Waals surface area contributed by atoms with Crippen LogP contribution in [0.2, 0.25) is 0 Å². The number of ether oxygens (including phenoxy) is 2. The molecule has 4 nitrogen and oxygen atoms in total. The minimum Gasteiger partial charge on any atom is -0.465 e. The summed E-state index contributed by atoms with van der Waals surface area (Å²) in [5.41, 5.74) is -0.397. The van der Waals surface area contributed by atoms with E-state index in [1.807, 2.05) is 37.3 Å². The van der Waals surface area contributed by atoms with Crippen molar-refractivity contribution < 1.29 is 19.1 Å². The third-order valence-electron chi connectivity index (χ3n) is 3.31. The van der Waals surface area contributed by atoms with Gasteiger partial charge in [-0.2, -0.15) is 0 Å². The van der Waals surface area contributed by atoms with Gasteiger partial charge in [0.2, 0.25) is 0 Å². The van der Waals surface area contributed by atoms with Gasteiger partial charge in [-0.05, 0) is 32.3 Å². The maximum Gasteiger partial charge on any atom is 0.323 e. The first-order chi connectivity index (χ1) is 10.0. The molecule has 0 radical (unpaired) electrons. The first-order valence-corrected chi connectivity index (χ1v) is 7.43. The smallest absolute Gasteiger partial charge is 0.323 e. The van der Waals surface area contributed by atoms with Crippen molar-refractivity contribution in [3.8, 4) is 0 Å². The molecule has 21 heavy (non-hydrogen) atoms. The molecule has 1 rings (SSSR count). The highest BCUT2D eigenvalue weighted by molar-refractivity contribution is 5.99. The Hall–Kier alpha value is -1.84. The van der Waals surface area contributed by atoms with E-state index < -0.39 is 17.4 Å². The van der Waals surface area contributed by atoms with Gasteiger partial charge in [-0.15, -0.1) is 0 Å². The van der Waals surface area contributed by atoms with Crippen molar-refractivity contribution in [1.82, 2.24) is 0 Å². The molecule has 0 aromatic heterocycles. The van der Waals surface area contributed by atoms with Crippen LogP contribution in [0.5, 0.6) is 0 Å². The highest BCUT2D eigenvalue weighted by atomic mass is 16.6. The number of carbonyl (C=O) groups excluding carboxylic acids is 2. The number of benzene rings is 1. The van der Waals surface area contributed by atoms with E-state index in [1.54, 1.807) is 13.8 Å². The summed E-state index contributed by atoms with van der Waals surface area (Å²) >= 11 is 0. The van der Waals surface area contributed by atoms with Gasteiger partial charge >= 0.3 is 11.9 Å². The molecule has 1 atom stereocenters. The molecule has 0 aliphatic carbocycles. The number of esters is 2. The normalized spacial score (nSPS) is 13.3. The van der Waals surface area contributed by atoms with E-state index >= 15 is 0 Å². The lowest BCUT2D eigenvalue weighted by atomic mass is 9.83. The Bertz CT molecular complexity index is 455. The average molecular weight is 292 g/mol. The molecule has 0 aliphatic rings. The van der Waals surface area contributed by atoms with Gasteiger partial charge in [-0.1, -0.05) is 43.7 Å². The van der Waals surface area contributed by atoms with Crippen molar-refractivity contribution in [2.75, 3.05) is 13.2 Å². The number of unbranched alkanes of at least 4 members (excludes halogenated alkanes) is 1. The van der Waals surface area contributed by atoms with Gasteiger partial charge in [0.15, 0.2) is 5.41 Å². The molecule has 0 amide bonds. The van der Waals surface area contributed by atoms with Crippen LogP contribution < -0.4 is 0 Å². The Kier molecular flexibility index (Phi) is 6.92. The van der Waals surface area contributed by atoms with Crippen LogP contribution in [0.15, 0.2) is 30.3 Å². The number of hydrogen-bond donors (Lipinski definition) is 0. The van der Waals surface area contributed by atoms with E-state index in [4.69, 9.17) is 9.47 Å². The van der Waals surface area contributed by atoms with Gasteiger partial charge in [0.1, 0.15) is 0 Å². The molecule has 1 aromatic rings. The summed E-state index contributed by atoms with van der Waals surface area (Å²) in [6.45, 7) is 5.91. The summed E-state index contributed by atoms with van der Waals surface area (Å²) < 4.78 is 10.3. The van der Waals surface area contributed by atoms with Crippen LogP contribution in [0, 0.1) is 5.41 Å². The number of rotatable bonds is 8. The van der Waals surface area contributed by atoms with Crippen molar-refractivity contribution in [1.29, 1.82) is 0 Å². The lowest BCUT2D eigenvalue weighted by molar-refractivity contribution is -0.171. The van der Waals surface area contributed by atoms with Crippen molar-refractivity contribution >= 4 is 11.9 Å². The lowest BCUT2D eigenvalue weighted by Crippen LogP contribution is -2.41. The second kappa shape index (κ2) is 8.45. The first kappa shape index (κ1) is 17.2. The van der Waals surface area contributed by atoms with E-state index in [1.165, 1.54) is 0 Å². The minimum absolute atomic E-state index is 0.242. The second-order valence-electron chi connectivity index (χ2n) is 5.20. The van der Waals surface area contributed by atoms with Crippen LogP contribution in [0.1, 0.15) is 39.2 Å². The molecule has 1 aromatic carbocycles. The Morgan fingerprint density at radius 1 is 1.05 bits per heavy atom. The fourth-order valence-electron chi connectivity index (χ4n) is 1.99. The summed E-state index contributed by atoms with van der Waals surface area (Å²) in [4.78, 5) is 24.6. The van der Waals surface area contributed by atoms with Crippen molar-refractivity contribution in [2.24, 2.45) is 5.41 Å². The van der Waals surface area contributed by atoms with Crippen LogP contribution in [0.4, 0.5) is 0 Å². The fourth-order valence-corrected chi connectivity index (χ4v) is 1.99. The molecule has 0 fully saturated rings. The molecule has 0 saturated heterocycles. The zero-order valence-electron chi connectivity index (χ0n) is 13.1. The predicted molar refractivity (Wildman–Crippen MR) is 80.8 cm³/mol. The van der Waals surface area contributed by atoms with Gasteiger partial charge in [-0.3, -0.25) is 9.59 Å². The number of carbonyl (C=O) groups is 2. The van der Waals surface area contributed by atoms with Crippen LogP contribution >= 0.6 is 0 Å². The first-order valence-electron chi connectivity index (χ1n) is 7.43. The maximum atomic E-state index is 12.3.